The van der Waals surface area contributed by atoms with Gasteiger partial charge in [0.15, 0.2) is 17.5 Å². The van der Waals surface area contributed by atoms with E-state index in [-0.39, 0.29) is 24.0 Å². The number of ether oxygens (including phenoxy) is 2. The van der Waals surface area contributed by atoms with Crippen LogP contribution >= 0.6 is 35.7 Å². The molecule has 0 aromatic heterocycles. The van der Waals surface area contributed by atoms with E-state index in [4.69, 9.17) is 9.47 Å². The lowest BCUT2D eigenvalue weighted by Crippen LogP contribution is -2.31. The van der Waals surface area contributed by atoms with Crippen molar-refractivity contribution in [3.8, 4) is 11.5 Å². The van der Waals surface area contributed by atoms with E-state index in [2.05, 4.69) is 21.9 Å². The number of halogens is 1. The molecule has 0 spiro atoms. The van der Waals surface area contributed by atoms with Gasteiger partial charge in [0.2, 0.25) is 0 Å². The van der Waals surface area contributed by atoms with Crippen molar-refractivity contribution >= 4 is 47.4 Å². The highest BCUT2D eigenvalue weighted by Crippen LogP contribution is 2.32. The number of nitrogens with one attached hydrogen (secondary N) is 2. The summed E-state index contributed by atoms with van der Waals surface area (Å²) in [7, 11) is 1.77. The molecule has 1 aliphatic rings. The van der Waals surface area contributed by atoms with Crippen LogP contribution in [-0.4, -0.2) is 44.8 Å². The SMILES string of the molecule is CN=C(NCCCSC)Nc1ccc2c(c1)OCCCO2.I. The smallest absolute Gasteiger partial charge is 0.195 e. The summed E-state index contributed by atoms with van der Waals surface area (Å²) in [6.07, 6.45) is 4.14. The van der Waals surface area contributed by atoms with Gasteiger partial charge < -0.3 is 20.1 Å². The van der Waals surface area contributed by atoms with Gasteiger partial charge in [0.25, 0.3) is 0 Å². The predicted molar refractivity (Wildman–Crippen MR) is 105 cm³/mol. The molecule has 1 heterocycles. The second-order valence-corrected chi connectivity index (χ2v) is 5.67. The van der Waals surface area contributed by atoms with E-state index >= 15 is 0 Å². The van der Waals surface area contributed by atoms with Gasteiger partial charge in [0.05, 0.1) is 13.2 Å². The quantitative estimate of drug-likeness (QED) is 0.321. The van der Waals surface area contributed by atoms with E-state index in [9.17, 15) is 0 Å². The summed E-state index contributed by atoms with van der Waals surface area (Å²) >= 11 is 1.85. The van der Waals surface area contributed by atoms with Gasteiger partial charge in [-0.2, -0.15) is 11.8 Å². The van der Waals surface area contributed by atoms with Crippen LogP contribution in [0.1, 0.15) is 12.8 Å². The van der Waals surface area contributed by atoms with Crippen molar-refractivity contribution in [2.75, 3.05) is 44.1 Å². The molecule has 0 unspecified atom stereocenters. The van der Waals surface area contributed by atoms with Gasteiger partial charge in [0, 0.05) is 31.8 Å². The van der Waals surface area contributed by atoms with Crippen molar-refractivity contribution in [3.63, 3.8) is 0 Å². The third-order valence-corrected chi connectivity index (χ3v) is 3.75. The van der Waals surface area contributed by atoms with Crippen LogP contribution < -0.4 is 20.1 Å². The highest BCUT2D eigenvalue weighted by Gasteiger charge is 2.11. The normalized spacial score (nSPS) is 13.8. The summed E-state index contributed by atoms with van der Waals surface area (Å²) in [4.78, 5) is 4.23. The molecular weight excluding hydrogens is 413 g/mol. The lowest BCUT2D eigenvalue weighted by Gasteiger charge is -2.13. The fourth-order valence-electron chi connectivity index (χ4n) is 1.98. The molecule has 0 fully saturated rings. The zero-order valence-electron chi connectivity index (χ0n) is 13.1. The third kappa shape index (κ3) is 6.12. The largest absolute Gasteiger partial charge is 0.490 e. The third-order valence-electron chi connectivity index (χ3n) is 3.05. The molecule has 1 aromatic carbocycles. The number of benzene rings is 1. The molecule has 0 saturated heterocycles. The van der Waals surface area contributed by atoms with E-state index < -0.39 is 0 Å². The Bertz CT molecular complexity index is 486. The first-order chi connectivity index (χ1) is 10.3. The molecule has 0 radical (unpaired) electrons. The fourth-order valence-corrected chi connectivity index (χ4v) is 2.41. The van der Waals surface area contributed by atoms with Crippen LogP contribution in [0.25, 0.3) is 0 Å². The standard InChI is InChI=1S/C15H23N3O2S.HI/c1-16-15(17-7-3-10-21-2)18-12-5-6-13-14(11-12)20-9-4-8-19-13;/h5-6,11H,3-4,7-10H2,1-2H3,(H2,16,17,18);1H. The lowest BCUT2D eigenvalue weighted by atomic mass is 10.3. The van der Waals surface area contributed by atoms with Crippen LogP contribution in [0, 0.1) is 0 Å². The first-order valence-corrected chi connectivity index (χ1v) is 8.59. The molecule has 1 aromatic rings. The molecule has 2 rings (SSSR count). The Hall–Kier alpha value is -0.830. The van der Waals surface area contributed by atoms with Crippen LogP contribution in [0.2, 0.25) is 0 Å². The van der Waals surface area contributed by atoms with Gasteiger partial charge >= 0.3 is 0 Å². The highest BCUT2D eigenvalue weighted by atomic mass is 127. The van der Waals surface area contributed by atoms with E-state index in [1.807, 2.05) is 30.0 Å². The molecule has 0 bridgehead atoms. The number of guanidine groups is 1. The molecule has 22 heavy (non-hydrogen) atoms. The molecule has 0 aliphatic carbocycles. The Kier molecular flexibility index (Phi) is 9.45. The number of nitrogens with zero attached hydrogens (tertiary/aromatic N) is 1. The summed E-state index contributed by atoms with van der Waals surface area (Å²) in [5.41, 5.74) is 0.942. The predicted octanol–water partition coefficient (Wildman–Crippen LogP) is 3.21. The number of hydrogen-bond acceptors (Lipinski definition) is 4. The first kappa shape index (κ1) is 19.2. The Morgan fingerprint density at radius 1 is 1.27 bits per heavy atom. The molecule has 124 valence electrons. The van der Waals surface area contributed by atoms with Crippen LogP contribution in [-0.2, 0) is 0 Å². The van der Waals surface area contributed by atoms with Crippen molar-refractivity contribution in [1.82, 2.24) is 5.32 Å². The molecule has 0 saturated carbocycles. The lowest BCUT2D eigenvalue weighted by molar-refractivity contribution is 0.297. The van der Waals surface area contributed by atoms with Gasteiger partial charge in [-0.1, -0.05) is 0 Å². The molecular formula is C15H24IN3O2S. The Morgan fingerprint density at radius 3 is 2.77 bits per heavy atom. The zero-order chi connectivity index (χ0) is 14.9. The fraction of sp³-hybridized carbons (Fsp3) is 0.533. The maximum absolute atomic E-state index is 5.69. The number of hydrogen-bond donors (Lipinski definition) is 2. The van der Waals surface area contributed by atoms with E-state index in [0.29, 0.717) is 13.2 Å². The summed E-state index contributed by atoms with van der Waals surface area (Å²) in [6.45, 7) is 2.31. The highest BCUT2D eigenvalue weighted by molar-refractivity contribution is 14.0. The van der Waals surface area contributed by atoms with E-state index in [1.165, 1.54) is 0 Å². The van der Waals surface area contributed by atoms with Gasteiger partial charge in [-0.15, -0.1) is 24.0 Å². The molecule has 2 N–H and O–H groups in total. The van der Waals surface area contributed by atoms with E-state index in [1.54, 1.807) is 7.05 Å². The van der Waals surface area contributed by atoms with Crippen molar-refractivity contribution in [1.29, 1.82) is 0 Å². The summed E-state index contributed by atoms with van der Waals surface area (Å²) in [6, 6.07) is 5.86. The van der Waals surface area contributed by atoms with Crippen LogP contribution in [0.5, 0.6) is 11.5 Å². The molecule has 7 heteroatoms. The Morgan fingerprint density at radius 2 is 2.05 bits per heavy atom. The van der Waals surface area contributed by atoms with Crippen molar-refractivity contribution in [3.05, 3.63) is 18.2 Å². The number of thioether (sulfide) groups is 1. The number of rotatable bonds is 5. The van der Waals surface area contributed by atoms with Crippen LogP contribution in [0.4, 0.5) is 5.69 Å². The Balaban J connectivity index is 0.00000242. The second-order valence-electron chi connectivity index (χ2n) is 4.68. The number of fused-ring (bicyclic) bond motifs is 1. The molecule has 5 nitrogen and oxygen atoms in total. The van der Waals surface area contributed by atoms with Crippen molar-refractivity contribution in [2.24, 2.45) is 4.99 Å². The average molecular weight is 437 g/mol. The summed E-state index contributed by atoms with van der Waals surface area (Å²) < 4.78 is 11.3. The number of aliphatic imine (C=N–C) groups is 1. The number of anilines is 1. The van der Waals surface area contributed by atoms with Gasteiger partial charge in [-0.05, 0) is 30.6 Å². The van der Waals surface area contributed by atoms with Crippen molar-refractivity contribution in [2.45, 2.75) is 12.8 Å². The maximum Gasteiger partial charge on any atom is 0.195 e. The van der Waals surface area contributed by atoms with Gasteiger partial charge in [0.1, 0.15) is 0 Å². The van der Waals surface area contributed by atoms with Gasteiger partial charge in [-0.3, -0.25) is 4.99 Å². The summed E-state index contributed by atoms with van der Waals surface area (Å²) in [5.74, 6) is 3.51. The summed E-state index contributed by atoms with van der Waals surface area (Å²) in [5, 5.41) is 6.57. The first-order valence-electron chi connectivity index (χ1n) is 7.19. The molecule has 0 atom stereocenters. The topological polar surface area (TPSA) is 54.9 Å². The minimum Gasteiger partial charge on any atom is -0.490 e. The van der Waals surface area contributed by atoms with Gasteiger partial charge in [-0.25, -0.2) is 0 Å². The molecule has 1 aliphatic heterocycles. The maximum atomic E-state index is 5.69. The second kappa shape index (κ2) is 10.8. The van der Waals surface area contributed by atoms with Crippen LogP contribution in [0.3, 0.4) is 0 Å². The molecule has 0 amide bonds. The zero-order valence-corrected chi connectivity index (χ0v) is 16.2. The average Bonchev–Trinajstić information content (AvgIpc) is 2.75. The Labute approximate surface area is 153 Å². The minimum atomic E-state index is 0. The van der Waals surface area contributed by atoms with Crippen LogP contribution in [0.15, 0.2) is 23.2 Å². The van der Waals surface area contributed by atoms with E-state index in [0.717, 1.165) is 48.3 Å². The van der Waals surface area contributed by atoms with Crippen molar-refractivity contribution < 1.29 is 9.47 Å². The minimum absolute atomic E-state index is 0. The monoisotopic (exact) mass is 437 g/mol.